The van der Waals surface area contributed by atoms with Crippen LogP contribution >= 0.6 is 11.3 Å². The van der Waals surface area contributed by atoms with Crippen LogP contribution in [0.3, 0.4) is 0 Å². The summed E-state index contributed by atoms with van der Waals surface area (Å²) in [5.41, 5.74) is 9.66. The van der Waals surface area contributed by atoms with Crippen molar-refractivity contribution >= 4 is 28.6 Å². The fraction of sp³-hybridized carbons (Fsp3) is 0.450. The Kier molecular flexibility index (Phi) is 8.74. The van der Waals surface area contributed by atoms with Gasteiger partial charge in [0.1, 0.15) is 4.88 Å². The number of nitrogens with zero attached hydrogens (tertiary/aromatic N) is 2. The van der Waals surface area contributed by atoms with Crippen molar-refractivity contribution in [1.82, 2.24) is 10.4 Å². The molecule has 0 unspecified atom stereocenters. The van der Waals surface area contributed by atoms with E-state index in [0.717, 1.165) is 29.7 Å². The van der Waals surface area contributed by atoms with Gasteiger partial charge in [0.25, 0.3) is 5.91 Å². The molecule has 0 aliphatic heterocycles. The number of methoxy groups -OCH3 is 1. The van der Waals surface area contributed by atoms with E-state index in [0.29, 0.717) is 40.2 Å². The second kappa shape index (κ2) is 11.3. The smallest absolute Gasteiger partial charge is 0.283 e. The summed E-state index contributed by atoms with van der Waals surface area (Å²) < 4.78 is 11.2. The van der Waals surface area contributed by atoms with Crippen molar-refractivity contribution < 1.29 is 14.3 Å². The molecule has 7 nitrogen and oxygen atoms in total. The number of rotatable bonds is 11. The third kappa shape index (κ3) is 6.23. The number of carbonyl (C=O) groups is 1. The molecule has 1 aromatic heterocycles. The molecule has 2 aromatic rings. The highest BCUT2D eigenvalue weighted by Gasteiger charge is 2.15. The van der Waals surface area contributed by atoms with Crippen LogP contribution in [0.2, 0.25) is 0 Å². The molecule has 0 fully saturated rings. The van der Waals surface area contributed by atoms with Crippen LogP contribution in [0.5, 0.6) is 11.5 Å². The van der Waals surface area contributed by atoms with E-state index in [2.05, 4.69) is 22.4 Å². The fourth-order valence-corrected chi connectivity index (χ4v) is 3.41. The minimum atomic E-state index is -0.318. The van der Waals surface area contributed by atoms with Crippen LogP contribution < -0.4 is 20.6 Å². The van der Waals surface area contributed by atoms with E-state index in [-0.39, 0.29) is 5.91 Å². The Balaban J connectivity index is 1.95. The Hall–Kier alpha value is -2.61. The summed E-state index contributed by atoms with van der Waals surface area (Å²) in [6.45, 7) is 4.77. The van der Waals surface area contributed by atoms with Crippen molar-refractivity contribution in [1.29, 1.82) is 0 Å². The zero-order valence-corrected chi connectivity index (χ0v) is 17.5. The average Bonchev–Trinajstić information content (AvgIpc) is 3.09. The minimum absolute atomic E-state index is 0.318. The first-order chi connectivity index (χ1) is 13.6. The summed E-state index contributed by atoms with van der Waals surface area (Å²) in [5, 5.41) is 4.40. The van der Waals surface area contributed by atoms with Gasteiger partial charge in [-0.15, -0.1) is 0 Å². The molecule has 3 N–H and O–H groups in total. The van der Waals surface area contributed by atoms with Gasteiger partial charge in [0.15, 0.2) is 16.6 Å². The number of hydrogen-bond acceptors (Lipinski definition) is 7. The number of nitrogen functional groups attached to an aromatic ring is 1. The summed E-state index contributed by atoms with van der Waals surface area (Å²) >= 11 is 1.16. The molecular weight excluding hydrogens is 376 g/mol. The maximum Gasteiger partial charge on any atom is 0.283 e. The van der Waals surface area contributed by atoms with Gasteiger partial charge in [-0.25, -0.2) is 10.4 Å². The Morgan fingerprint density at radius 3 is 2.82 bits per heavy atom. The lowest BCUT2D eigenvalue weighted by Gasteiger charge is -2.11. The summed E-state index contributed by atoms with van der Waals surface area (Å²) in [5.74, 6) is 1.02. The number of thiazole rings is 1. The second-order valence-corrected chi connectivity index (χ2v) is 7.23. The Labute approximate surface area is 170 Å². The van der Waals surface area contributed by atoms with E-state index in [1.165, 1.54) is 12.8 Å². The van der Waals surface area contributed by atoms with Gasteiger partial charge in [-0.1, -0.05) is 44.4 Å². The number of nitrogens with two attached hydrogens (primary N) is 1. The number of nitrogens with one attached hydrogen (secondary N) is 1. The van der Waals surface area contributed by atoms with Crippen molar-refractivity contribution in [2.45, 2.75) is 46.0 Å². The lowest BCUT2D eigenvalue weighted by molar-refractivity contribution is 0.0958. The average molecular weight is 405 g/mol. The Bertz CT molecular complexity index is 805. The van der Waals surface area contributed by atoms with Crippen LogP contribution in [0.4, 0.5) is 5.13 Å². The molecule has 2 rings (SSSR count). The molecule has 1 aromatic carbocycles. The van der Waals surface area contributed by atoms with Gasteiger partial charge < -0.3 is 15.2 Å². The molecule has 0 aliphatic rings. The Morgan fingerprint density at radius 2 is 2.11 bits per heavy atom. The summed E-state index contributed by atoms with van der Waals surface area (Å²) in [6, 6.07) is 5.53. The van der Waals surface area contributed by atoms with Crippen LogP contribution in [-0.2, 0) is 6.42 Å². The highest BCUT2D eigenvalue weighted by atomic mass is 32.1. The number of aryl methyl sites for hydroxylation is 1. The number of anilines is 1. The van der Waals surface area contributed by atoms with E-state index < -0.39 is 0 Å². The topological polar surface area (TPSA) is 98.8 Å². The van der Waals surface area contributed by atoms with E-state index in [9.17, 15) is 4.79 Å². The number of carbonyl (C=O) groups excluding carboxylic acids is 1. The van der Waals surface area contributed by atoms with Crippen LogP contribution in [-0.4, -0.2) is 30.8 Å². The molecule has 28 heavy (non-hydrogen) atoms. The first kappa shape index (κ1) is 21.7. The van der Waals surface area contributed by atoms with E-state index >= 15 is 0 Å². The molecule has 8 heteroatoms. The number of benzene rings is 1. The van der Waals surface area contributed by atoms with Gasteiger partial charge >= 0.3 is 0 Å². The number of amides is 1. The third-order valence-electron chi connectivity index (χ3n) is 4.08. The molecule has 0 spiro atoms. The highest BCUT2D eigenvalue weighted by molar-refractivity contribution is 7.17. The molecule has 0 saturated heterocycles. The monoisotopic (exact) mass is 404 g/mol. The lowest BCUT2D eigenvalue weighted by Crippen LogP contribution is -2.17. The van der Waals surface area contributed by atoms with E-state index in [1.807, 2.05) is 25.1 Å². The van der Waals surface area contributed by atoms with Gasteiger partial charge in [-0.2, -0.15) is 5.10 Å². The maximum atomic E-state index is 12.2. The summed E-state index contributed by atoms with van der Waals surface area (Å²) in [6.07, 6.45) is 6.79. The van der Waals surface area contributed by atoms with Crippen molar-refractivity contribution in [3.05, 3.63) is 34.3 Å². The molecule has 1 heterocycles. The third-order valence-corrected chi connectivity index (χ3v) is 5.00. The number of hydrogen-bond donors (Lipinski definition) is 2. The number of hydrazone groups is 1. The first-order valence-corrected chi connectivity index (χ1v) is 10.3. The molecule has 0 atom stereocenters. The summed E-state index contributed by atoms with van der Waals surface area (Å²) in [4.78, 5) is 16.9. The zero-order valence-electron chi connectivity index (χ0n) is 16.7. The van der Waals surface area contributed by atoms with Gasteiger partial charge in [-0.3, -0.25) is 4.79 Å². The molecule has 0 bridgehead atoms. The highest BCUT2D eigenvalue weighted by Crippen LogP contribution is 2.28. The van der Waals surface area contributed by atoms with Crippen molar-refractivity contribution in [2.24, 2.45) is 5.10 Å². The van der Waals surface area contributed by atoms with Crippen LogP contribution in [0.1, 0.15) is 60.5 Å². The SMILES string of the molecule is CCCCCCOc1ccc(C=NNC(=O)c2sc(N)nc2CC)cc1OC. The van der Waals surface area contributed by atoms with Crippen molar-refractivity contribution in [3.8, 4) is 11.5 Å². The molecule has 0 aliphatic carbocycles. The minimum Gasteiger partial charge on any atom is -0.493 e. The number of aromatic nitrogens is 1. The van der Waals surface area contributed by atoms with Gasteiger partial charge in [0, 0.05) is 0 Å². The first-order valence-electron chi connectivity index (χ1n) is 9.48. The predicted octanol–water partition coefficient (Wildman–Crippen LogP) is 4.02. The van der Waals surface area contributed by atoms with Crippen LogP contribution in [0.25, 0.3) is 0 Å². The van der Waals surface area contributed by atoms with Crippen molar-refractivity contribution in [2.75, 3.05) is 19.5 Å². The molecular formula is C20H28N4O3S. The van der Waals surface area contributed by atoms with E-state index in [1.54, 1.807) is 13.3 Å². The Morgan fingerprint density at radius 1 is 1.29 bits per heavy atom. The predicted molar refractivity (Wildman–Crippen MR) is 114 cm³/mol. The van der Waals surface area contributed by atoms with Gasteiger partial charge in [-0.05, 0) is 36.6 Å². The molecule has 0 saturated carbocycles. The lowest BCUT2D eigenvalue weighted by atomic mass is 10.2. The fourth-order valence-electron chi connectivity index (χ4n) is 2.60. The number of unbranched alkanes of at least 4 members (excludes halogenated alkanes) is 3. The number of ether oxygens (including phenoxy) is 2. The van der Waals surface area contributed by atoms with Gasteiger partial charge in [0.2, 0.25) is 0 Å². The van der Waals surface area contributed by atoms with Gasteiger partial charge in [0.05, 0.1) is 25.6 Å². The largest absolute Gasteiger partial charge is 0.493 e. The van der Waals surface area contributed by atoms with Crippen LogP contribution in [0.15, 0.2) is 23.3 Å². The quantitative estimate of drug-likeness (QED) is 0.335. The summed E-state index contributed by atoms with van der Waals surface area (Å²) in [7, 11) is 1.60. The normalized spacial score (nSPS) is 11.0. The second-order valence-electron chi connectivity index (χ2n) is 6.20. The molecule has 0 radical (unpaired) electrons. The molecule has 1 amide bonds. The standard InChI is InChI=1S/C20H28N4O3S/c1-4-6-7-8-11-27-16-10-9-14(12-17(16)26-3)13-22-24-19(25)18-15(5-2)23-20(21)28-18/h9-10,12-13H,4-8,11H2,1-3H3,(H2,21,23)(H,24,25). The zero-order chi connectivity index (χ0) is 20.4. The maximum absolute atomic E-state index is 12.2. The van der Waals surface area contributed by atoms with E-state index in [4.69, 9.17) is 15.2 Å². The van der Waals surface area contributed by atoms with Crippen LogP contribution in [0, 0.1) is 0 Å². The van der Waals surface area contributed by atoms with Crippen molar-refractivity contribution in [3.63, 3.8) is 0 Å². The molecule has 152 valence electrons.